The Labute approximate surface area is 129 Å². The summed E-state index contributed by atoms with van der Waals surface area (Å²) in [5, 5.41) is 3.25. The summed E-state index contributed by atoms with van der Waals surface area (Å²) in [5.41, 5.74) is 1.89. The first-order chi connectivity index (χ1) is 10.2. The third kappa shape index (κ3) is 3.28. The van der Waals surface area contributed by atoms with E-state index in [1.165, 1.54) is 6.07 Å². The lowest BCUT2D eigenvalue weighted by molar-refractivity contribution is 0.620. The number of rotatable bonds is 4. The Morgan fingerprint density at radius 1 is 1.24 bits per heavy atom. The molecule has 0 saturated heterocycles. The molecule has 0 saturated carbocycles. The number of pyridine rings is 1. The highest BCUT2D eigenvalue weighted by Gasteiger charge is 2.01. The number of halogens is 2. The summed E-state index contributed by atoms with van der Waals surface area (Å²) >= 11 is 3.18. The molecule has 0 unspecified atom stereocenters. The SMILES string of the molecule is Fc1ccc(CNc2ccc(-n3ccnc3)nc2)cc1Br. The summed E-state index contributed by atoms with van der Waals surface area (Å²) in [6, 6.07) is 8.81. The van der Waals surface area contributed by atoms with Crippen molar-refractivity contribution < 1.29 is 4.39 Å². The number of benzene rings is 1. The molecule has 106 valence electrons. The molecule has 21 heavy (non-hydrogen) atoms. The van der Waals surface area contributed by atoms with Gasteiger partial charge in [0.2, 0.25) is 0 Å². The van der Waals surface area contributed by atoms with E-state index in [0.717, 1.165) is 17.1 Å². The van der Waals surface area contributed by atoms with Crippen LogP contribution >= 0.6 is 15.9 Å². The van der Waals surface area contributed by atoms with Gasteiger partial charge in [-0.05, 0) is 45.8 Å². The van der Waals surface area contributed by atoms with Crippen LogP contribution in [-0.2, 0) is 6.54 Å². The van der Waals surface area contributed by atoms with E-state index in [9.17, 15) is 4.39 Å². The zero-order valence-corrected chi connectivity index (χ0v) is 12.6. The predicted octanol–water partition coefficient (Wildman–Crippen LogP) is 3.78. The van der Waals surface area contributed by atoms with Gasteiger partial charge in [0.05, 0.1) is 16.4 Å². The number of hydrogen-bond donors (Lipinski definition) is 1. The first-order valence-electron chi connectivity index (χ1n) is 6.34. The summed E-state index contributed by atoms with van der Waals surface area (Å²) in [6.07, 6.45) is 7.01. The lowest BCUT2D eigenvalue weighted by Gasteiger charge is -2.08. The summed E-state index contributed by atoms with van der Waals surface area (Å²) < 4.78 is 15.5. The van der Waals surface area contributed by atoms with Crippen LogP contribution < -0.4 is 5.32 Å². The molecule has 0 fully saturated rings. The minimum absolute atomic E-state index is 0.259. The van der Waals surface area contributed by atoms with Crippen molar-refractivity contribution in [1.82, 2.24) is 14.5 Å². The second kappa shape index (κ2) is 6.05. The number of aromatic nitrogens is 3. The fourth-order valence-corrected chi connectivity index (χ4v) is 2.32. The van der Waals surface area contributed by atoms with Crippen LogP contribution in [0, 0.1) is 5.82 Å². The molecule has 3 aromatic rings. The quantitative estimate of drug-likeness (QED) is 0.781. The van der Waals surface area contributed by atoms with Crippen LogP contribution in [-0.4, -0.2) is 14.5 Å². The second-order valence-electron chi connectivity index (χ2n) is 4.48. The fraction of sp³-hybridized carbons (Fsp3) is 0.0667. The summed E-state index contributed by atoms with van der Waals surface area (Å²) in [6.45, 7) is 0.602. The standard InChI is InChI=1S/C15H12BrFN4/c16-13-7-11(1-3-14(13)17)8-19-12-2-4-15(20-9-12)21-6-5-18-10-21/h1-7,9-10,19H,8H2. The summed E-state index contributed by atoms with van der Waals surface area (Å²) in [7, 11) is 0. The highest BCUT2D eigenvalue weighted by molar-refractivity contribution is 9.10. The van der Waals surface area contributed by atoms with E-state index < -0.39 is 0 Å². The summed E-state index contributed by atoms with van der Waals surface area (Å²) in [4.78, 5) is 8.34. The molecule has 0 radical (unpaired) electrons. The molecule has 6 heteroatoms. The van der Waals surface area contributed by atoms with Gasteiger partial charge in [-0.3, -0.25) is 4.57 Å². The van der Waals surface area contributed by atoms with Crippen LogP contribution in [0.2, 0.25) is 0 Å². The molecule has 1 N–H and O–H groups in total. The molecule has 3 rings (SSSR count). The van der Waals surface area contributed by atoms with Gasteiger partial charge in [0.15, 0.2) is 0 Å². The molecular formula is C15H12BrFN4. The fourth-order valence-electron chi connectivity index (χ4n) is 1.89. The summed E-state index contributed by atoms with van der Waals surface area (Å²) in [5.74, 6) is 0.549. The molecule has 0 spiro atoms. The van der Waals surface area contributed by atoms with Gasteiger partial charge in [-0.25, -0.2) is 14.4 Å². The largest absolute Gasteiger partial charge is 0.380 e. The minimum atomic E-state index is -0.259. The van der Waals surface area contributed by atoms with Crippen molar-refractivity contribution in [3.8, 4) is 5.82 Å². The van der Waals surface area contributed by atoms with E-state index in [0.29, 0.717) is 11.0 Å². The van der Waals surface area contributed by atoms with Gasteiger partial charge in [0.1, 0.15) is 18.0 Å². The second-order valence-corrected chi connectivity index (χ2v) is 5.33. The highest BCUT2D eigenvalue weighted by atomic mass is 79.9. The Balaban J connectivity index is 1.66. The van der Waals surface area contributed by atoms with Gasteiger partial charge in [-0.15, -0.1) is 0 Å². The molecule has 0 bridgehead atoms. The number of imidazole rings is 1. The molecule has 1 aromatic carbocycles. The molecule has 0 atom stereocenters. The molecule has 2 aromatic heterocycles. The average Bonchev–Trinajstić information content (AvgIpc) is 3.03. The lowest BCUT2D eigenvalue weighted by atomic mass is 10.2. The van der Waals surface area contributed by atoms with Gasteiger partial charge < -0.3 is 5.32 Å². The third-order valence-electron chi connectivity index (χ3n) is 3.00. The molecule has 0 amide bonds. The molecule has 0 aliphatic heterocycles. The van der Waals surface area contributed by atoms with Crippen molar-refractivity contribution in [3.05, 3.63) is 71.1 Å². The Hall–Kier alpha value is -2.21. The lowest BCUT2D eigenvalue weighted by Crippen LogP contribution is -2.01. The molecular weight excluding hydrogens is 335 g/mol. The third-order valence-corrected chi connectivity index (χ3v) is 3.61. The Bertz CT molecular complexity index is 726. The number of anilines is 1. The zero-order chi connectivity index (χ0) is 14.7. The van der Waals surface area contributed by atoms with Crippen LogP contribution in [0.3, 0.4) is 0 Å². The Morgan fingerprint density at radius 3 is 2.81 bits per heavy atom. The van der Waals surface area contributed by atoms with Crippen molar-refractivity contribution in [1.29, 1.82) is 0 Å². The highest BCUT2D eigenvalue weighted by Crippen LogP contribution is 2.18. The van der Waals surface area contributed by atoms with Gasteiger partial charge in [-0.2, -0.15) is 0 Å². The number of nitrogens with zero attached hydrogens (tertiary/aromatic N) is 3. The van der Waals surface area contributed by atoms with Crippen molar-refractivity contribution in [3.63, 3.8) is 0 Å². The number of hydrogen-bond acceptors (Lipinski definition) is 3. The maximum Gasteiger partial charge on any atom is 0.137 e. The van der Waals surface area contributed by atoms with Crippen LogP contribution in [0.15, 0.2) is 59.7 Å². The monoisotopic (exact) mass is 346 g/mol. The van der Waals surface area contributed by atoms with E-state index in [1.54, 1.807) is 30.9 Å². The van der Waals surface area contributed by atoms with Crippen LogP contribution in [0.5, 0.6) is 0 Å². The number of nitrogens with one attached hydrogen (secondary N) is 1. The average molecular weight is 347 g/mol. The Morgan fingerprint density at radius 2 is 2.14 bits per heavy atom. The van der Waals surface area contributed by atoms with Gasteiger partial charge in [0, 0.05) is 18.9 Å². The molecule has 0 aliphatic rings. The Kier molecular flexibility index (Phi) is 3.96. The van der Waals surface area contributed by atoms with E-state index in [2.05, 4.69) is 31.2 Å². The first-order valence-corrected chi connectivity index (χ1v) is 7.14. The van der Waals surface area contributed by atoms with Crippen LogP contribution in [0.25, 0.3) is 5.82 Å². The predicted molar refractivity (Wildman–Crippen MR) is 82.8 cm³/mol. The maximum absolute atomic E-state index is 13.2. The van der Waals surface area contributed by atoms with E-state index in [1.807, 2.05) is 22.9 Å². The van der Waals surface area contributed by atoms with E-state index in [4.69, 9.17) is 0 Å². The topological polar surface area (TPSA) is 42.7 Å². The van der Waals surface area contributed by atoms with Gasteiger partial charge in [-0.1, -0.05) is 6.07 Å². The van der Waals surface area contributed by atoms with Crippen molar-refractivity contribution >= 4 is 21.6 Å². The van der Waals surface area contributed by atoms with Crippen LogP contribution in [0.1, 0.15) is 5.56 Å². The van der Waals surface area contributed by atoms with E-state index >= 15 is 0 Å². The minimum Gasteiger partial charge on any atom is -0.380 e. The first kappa shape index (κ1) is 13.8. The molecule has 2 heterocycles. The molecule has 0 aliphatic carbocycles. The van der Waals surface area contributed by atoms with Gasteiger partial charge >= 0.3 is 0 Å². The van der Waals surface area contributed by atoms with Crippen LogP contribution in [0.4, 0.5) is 10.1 Å². The van der Waals surface area contributed by atoms with E-state index in [-0.39, 0.29) is 5.82 Å². The maximum atomic E-state index is 13.2. The smallest absolute Gasteiger partial charge is 0.137 e. The van der Waals surface area contributed by atoms with Crippen molar-refractivity contribution in [2.24, 2.45) is 0 Å². The molecule has 4 nitrogen and oxygen atoms in total. The normalized spacial score (nSPS) is 10.6. The van der Waals surface area contributed by atoms with Gasteiger partial charge in [0.25, 0.3) is 0 Å². The zero-order valence-electron chi connectivity index (χ0n) is 11.0. The van der Waals surface area contributed by atoms with Crippen molar-refractivity contribution in [2.75, 3.05) is 5.32 Å². The van der Waals surface area contributed by atoms with Crippen molar-refractivity contribution in [2.45, 2.75) is 6.54 Å².